The average molecular weight is 317 g/mol. The van der Waals surface area contributed by atoms with E-state index in [0.29, 0.717) is 0 Å². The Balaban J connectivity index is 2.27. The predicted octanol–water partition coefficient (Wildman–Crippen LogP) is 0.328. The van der Waals surface area contributed by atoms with Crippen LogP contribution >= 0.6 is 0 Å². The minimum Gasteiger partial charge on any atom is -0.479 e. The van der Waals surface area contributed by atoms with Gasteiger partial charge in [-0.05, 0) is 13.8 Å². The molecule has 9 heteroatoms. The summed E-state index contributed by atoms with van der Waals surface area (Å²) in [5.41, 5.74) is -1.47. The van der Waals surface area contributed by atoms with Gasteiger partial charge in [-0.25, -0.2) is 13.2 Å². The van der Waals surface area contributed by atoms with Crippen LogP contribution in [0.5, 0.6) is 0 Å². The molecule has 0 amide bonds. The lowest BCUT2D eigenvalue weighted by molar-refractivity contribution is -0.160. The second kappa shape index (κ2) is 5.39. The Morgan fingerprint density at radius 2 is 2.19 bits per heavy atom. The van der Waals surface area contributed by atoms with Gasteiger partial charge in [-0.2, -0.15) is 9.40 Å². The topological polar surface area (TPSA) is 102 Å². The first kappa shape index (κ1) is 15.9. The maximum absolute atomic E-state index is 12.5. The highest BCUT2D eigenvalue weighted by atomic mass is 32.2. The van der Waals surface area contributed by atoms with Gasteiger partial charge in [0.1, 0.15) is 4.90 Å². The number of nitrogens with zero attached hydrogens (tertiary/aromatic N) is 3. The standard InChI is InChI=1S/C12H19N3O5S/c1-9(2)15-7-10(6-13-15)21(18,19)14-5-4-12(8-14,20-3)11(16)17/h6-7,9H,4-5,8H2,1-3H3,(H,16,17). The minimum atomic E-state index is -3.76. The Hall–Kier alpha value is -1.45. The number of aliphatic carboxylic acids is 1. The zero-order chi connectivity index (χ0) is 15.8. The molecule has 0 aromatic carbocycles. The van der Waals surface area contributed by atoms with Gasteiger partial charge >= 0.3 is 5.97 Å². The lowest BCUT2D eigenvalue weighted by atomic mass is 10.0. The van der Waals surface area contributed by atoms with Gasteiger partial charge < -0.3 is 9.84 Å². The molecule has 1 aromatic rings. The summed E-state index contributed by atoms with van der Waals surface area (Å²) in [5.74, 6) is -1.15. The number of methoxy groups -OCH3 is 1. The number of carboxylic acid groups (broad SMARTS) is 1. The van der Waals surface area contributed by atoms with Gasteiger partial charge in [0, 0.05) is 32.3 Å². The number of aromatic nitrogens is 2. The zero-order valence-corrected chi connectivity index (χ0v) is 13.0. The van der Waals surface area contributed by atoms with E-state index in [1.54, 1.807) is 4.68 Å². The fourth-order valence-electron chi connectivity index (χ4n) is 2.27. The second-order valence-corrected chi connectivity index (χ2v) is 7.28. The van der Waals surface area contributed by atoms with Crippen molar-refractivity contribution in [2.24, 2.45) is 0 Å². The SMILES string of the molecule is COC1(C(=O)O)CCN(S(=O)(=O)c2cnn(C(C)C)c2)C1. The van der Waals surface area contributed by atoms with Crippen molar-refractivity contribution in [2.75, 3.05) is 20.2 Å². The molecule has 0 bridgehead atoms. The van der Waals surface area contributed by atoms with E-state index in [1.807, 2.05) is 13.8 Å². The molecule has 0 spiro atoms. The summed E-state index contributed by atoms with van der Waals surface area (Å²) in [5, 5.41) is 13.2. The Labute approximate surface area is 123 Å². The molecular weight excluding hydrogens is 298 g/mol. The molecule has 1 fully saturated rings. The van der Waals surface area contributed by atoms with Crippen LogP contribution in [0, 0.1) is 0 Å². The number of hydrogen-bond acceptors (Lipinski definition) is 5. The third-order valence-electron chi connectivity index (χ3n) is 3.72. The molecular formula is C12H19N3O5S. The molecule has 118 valence electrons. The molecule has 1 aliphatic heterocycles. The van der Waals surface area contributed by atoms with Gasteiger partial charge in [0.25, 0.3) is 0 Å². The molecule has 1 N–H and O–H groups in total. The Bertz CT molecular complexity index is 639. The normalized spacial score (nSPS) is 23.8. The third kappa shape index (κ3) is 2.68. The van der Waals surface area contributed by atoms with Gasteiger partial charge in [-0.3, -0.25) is 4.68 Å². The van der Waals surface area contributed by atoms with E-state index in [4.69, 9.17) is 4.74 Å². The summed E-state index contributed by atoms with van der Waals surface area (Å²) in [4.78, 5) is 11.4. The van der Waals surface area contributed by atoms with Crippen LogP contribution in [0.1, 0.15) is 26.3 Å². The summed E-state index contributed by atoms with van der Waals surface area (Å²) in [7, 11) is -2.48. The molecule has 1 aromatic heterocycles. The number of sulfonamides is 1. The van der Waals surface area contributed by atoms with Crippen molar-refractivity contribution < 1.29 is 23.1 Å². The second-order valence-electron chi connectivity index (χ2n) is 5.34. The first-order valence-corrected chi connectivity index (χ1v) is 8.00. The number of carbonyl (C=O) groups is 1. The number of carboxylic acids is 1. The predicted molar refractivity (Wildman–Crippen MR) is 73.4 cm³/mol. The van der Waals surface area contributed by atoms with E-state index in [9.17, 15) is 18.3 Å². The van der Waals surface area contributed by atoms with Crippen molar-refractivity contribution in [3.05, 3.63) is 12.4 Å². The highest BCUT2D eigenvalue weighted by molar-refractivity contribution is 7.89. The molecule has 1 saturated heterocycles. The van der Waals surface area contributed by atoms with E-state index in [-0.39, 0.29) is 30.4 Å². The van der Waals surface area contributed by atoms with Crippen LogP contribution in [0.2, 0.25) is 0 Å². The van der Waals surface area contributed by atoms with Crippen molar-refractivity contribution in [3.8, 4) is 0 Å². The largest absolute Gasteiger partial charge is 0.479 e. The van der Waals surface area contributed by atoms with Crippen LogP contribution in [0.25, 0.3) is 0 Å². The Morgan fingerprint density at radius 1 is 1.52 bits per heavy atom. The lowest BCUT2D eigenvalue weighted by Crippen LogP contribution is -2.44. The summed E-state index contributed by atoms with van der Waals surface area (Å²) in [6.07, 6.45) is 2.85. The molecule has 0 aliphatic carbocycles. The first-order chi connectivity index (χ1) is 9.73. The van der Waals surface area contributed by atoms with Crippen molar-refractivity contribution in [1.82, 2.24) is 14.1 Å². The van der Waals surface area contributed by atoms with Gasteiger partial charge in [-0.1, -0.05) is 0 Å². The molecule has 2 rings (SSSR count). The highest BCUT2D eigenvalue weighted by Crippen LogP contribution is 2.30. The van der Waals surface area contributed by atoms with Crippen molar-refractivity contribution >= 4 is 16.0 Å². The Kier molecular flexibility index (Phi) is 4.09. The van der Waals surface area contributed by atoms with E-state index >= 15 is 0 Å². The van der Waals surface area contributed by atoms with Crippen LogP contribution in [0.4, 0.5) is 0 Å². The number of rotatable bonds is 5. The molecule has 2 heterocycles. The van der Waals surface area contributed by atoms with E-state index in [2.05, 4.69) is 5.10 Å². The summed E-state index contributed by atoms with van der Waals surface area (Å²) in [6, 6.07) is 0.0459. The number of hydrogen-bond donors (Lipinski definition) is 1. The van der Waals surface area contributed by atoms with Crippen LogP contribution in [0.3, 0.4) is 0 Å². The van der Waals surface area contributed by atoms with Crippen molar-refractivity contribution in [2.45, 2.75) is 36.8 Å². The fraction of sp³-hybridized carbons (Fsp3) is 0.667. The summed E-state index contributed by atoms with van der Waals surface area (Å²) < 4.78 is 32.8. The summed E-state index contributed by atoms with van der Waals surface area (Å²) in [6.45, 7) is 3.68. The molecule has 21 heavy (non-hydrogen) atoms. The lowest BCUT2D eigenvalue weighted by Gasteiger charge is -2.22. The molecule has 1 atom stereocenters. The van der Waals surface area contributed by atoms with Gasteiger partial charge in [0.15, 0.2) is 5.60 Å². The maximum atomic E-state index is 12.5. The van der Waals surface area contributed by atoms with Crippen LogP contribution in [-0.2, 0) is 19.6 Å². The molecule has 0 radical (unpaired) electrons. The molecule has 1 unspecified atom stereocenters. The summed E-state index contributed by atoms with van der Waals surface area (Å²) >= 11 is 0. The molecule has 1 aliphatic rings. The smallest absolute Gasteiger partial charge is 0.337 e. The van der Waals surface area contributed by atoms with E-state index < -0.39 is 21.6 Å². The van der Waals surface area contributed by atoms with Crippen LogP contribution in [-0.4, -0.2) is 59.4 Å². The maximum Gasteiger partial charge on any atom is 0.337 e. The van der Waals surface area contributed by atoms with Gasteiger partial charge in [-0.15, -0.1) is 0 Å². The fourth-order valence-corrected chi connectivity index (χ4v) is 3.70. The average Bonchev–Trinajstić information content (AvgIpc) is 3.07. The van der Waals surface area contributed by atoms with Crippen molar-refractivity contribution in [3.63, 3.8) is 0 Å². The van der Waals surface area contributed by atoms with Crippen LogP contribution < -0.4 is 0 Å². The first-order valence-electron chi connectivity index (χ1n) is 6.56. The van der Waals surface area contributed by atoms with E-state index in [1.165, 1.54) is 19.5 Å². The van der Waals surface area contributed by atoms with E-state index in [0.717, 1.165) is 4.31 Å². The van der Waals surface area contributed by atoms with Gasteiger partial charge in [0.05, 0.1) is 12.7 Å². The monoisotopic (exact) mass is 317 g/mol. The third-order valence-corrected chi connectivity index (χ3v) is 5.52. The van der Waals surface area contributed by atoms with Gasteiger partial charge in [0.2, 0.25) is 10.0 Å². The highest BCUT2D eigenvalue weighted by Gasteiger charge is 2.49. The van der Waals surface area contributed by atoms with Crippen molar-refractivity contribution in [1.29, 1.82) is 0 Å². The van der Waals surface area contributed by atoms with Crippen LogP contribution in [0.15, 0.2) is 17.3 Å². The quantitative estimate of drug-likeness (QED) is 0.839. The molecule has 8 nitrogen and oxygen atoms in total. The zero-order valence-electron chi connectivity index (χ0n) is 12.2. The molecule has 0 saturated carbocycles. The minimum absolute atomic E-state index is 0.0459. The number of ether oxygens (including phenoxy) is 1. The Morgan fingerprint density at radius 3 is 2.62 bits per heavy atom.